The molecular formula is C16H25N3O. The normalized spacial score (nSPS) is 16.1. The second-order valence-corrected chi connectivity index (χ2v) is 5.61. The fourth-order valence-corrected chi connectivity index (χ4v) is 2.45. The Bertz CT molecular complexity index is 457. The van der Waals surface area contributed by atoms with Gasteiger partial charge in [-0.15, -0.1) is 0 Å². The van der Waals surface area contributed by atoms with Gasteiger partial charge in [0.15, 0.2) is 0 Å². The lowest BCUT2D eigenvalue weighted by Gasteiger charge is -2.28. The smallest absolute Gasteiger partial charge is 0.241 e. The van der Waals surface area contributed by atoms with Crippen LogP contribution in [-0.4, -0.2) is 29.4 Å². The molecule has 4 nitrogen and oxygen atoms in total. The van der Waals surface area contributed by atoms with Gasteiger partial charge >= 0.3 is 0 Å². The van der Waals surface area contributed by atoms with Crippen LogP contribution in [0.2, 0.25) is 0 Å². The molecule has 1 aliphatic carbocycles. The molecule has 110 valence electrons. The maximum absolute atomic E-state index is 12.4. The van der Waals surface area contributed by atoms with Crippen LogP contribution in [0, 0.1) is 0 Å². The number of benzene rings is 1. The second kappa shape index (κ2) is 6.75. The summed E-state index contributed by atoms with van der Waals surface area (Å²) >= 11 is 0. The number of hydrogen-bond acceptors (Lipinski definition) is 3. The highest BCUT2D eigenvalue weighted by molar-refractivity contribution is 5.94. The van der Waals surface area contributed by atoms with Crippen molar-refractivity contribution in [1.29, 1.82) is 0 Å². The van der Waals surface area contributed by atoms with E-state index in [9.17, 15) is 4.79 Å². The van der Waals surface area contributed by atoms with Gasteiger partial charge in [0.1, 0.15) is 0 Å². The fourth-order valence-electron chi connectivity index (χ4n) is 2.45. The minimum absolute atomic E-state index is 0.0543. The van der Waals surface area contributed by atoms with Crippen molar-refractivity contribution in [3.8, 4) is 0 Å². The quantitative estimate of drug-likeness (QED) is 0.752. The summed E-state index contributed by atoms with van der Waals surface area (Å²) in [5.41, 5.74) is 7.17. The predicted molar refractivity (Wildman–Crippen MR) is 83.6 cm³/mol. The molecule has 4 heteroatoms. The maximum Gasteiger partial charge on any atom is 0.241 e. The minimum atomic E-state index is -0.0875. The Balaban J connectivity index is 1.95. The second-order valence-electron chi connectivity index (χ2n) is 5.61. The summed E-state index contributed by atoms with van der Waals surface area (Å²) in [4.78, 5) is 14.7. The van der Waals surface area contributed by atoms with Gasteiger partial charge in [0.05, 0.1) is 6.04 Å². The average Bonchev–Trinajstić information content (AvgIpc) is 3.23. The molecular weight excluding hydrogens is 250 g/mol. The van der Waals surface area contributed by atoms with Crippen molar-refractivity contribution in [2.45, 2.75) is 51.6 Å². The van der Waals surface area contributed by atoms with Crippen LogP contribution in [0.5, 0.6) is 0 Å². The Labute approximate surface area is 121 Å². The van der Waals surface area contributed by atoms with Gasteiger partial charge in [-0.1, -0.05) is 19.4 Å². The standard InChI is InChI=1S/C16H25N3O/c1-3-4-10-19(15-8-9-15)12(2)16(20)18-14-7-5-6-13(17)11-14/h5-7,11-12,15H,3-4,8-10,17H2,1-2H3,(H,18,20). The van der Waals surface area contributed by atoms with Gasteiger partial charge in [-0.3, -0.25) is 9.69 Å². The molecule has 0 aromatic heterocycles. The van der Waals surface area contributed by atoms with Gasteiger partial charge in [-0.25, -0.2) is 0 Å². The van der Waals surface area contributed by atoms with Crippen molar-refractivity contribution < 1.29 is 4.79 Å². The molecule has 1 aromatic rings. The maximum atomic E-state index is 12.4. The van der Waals surface area contributed by atoms with Gasteiger partial charge in [0, 0.05) is 17.4 Å². The van der Waals surface area contributed by atoms with Gasteiger partial charge in [0.2, 0.25) is 5.91 Å². The summed E-state index contributed by atoms with van der Waals surface area (Å²) in [5, 5.41) is 2.96. The monoisotopic (exact) mass is 275 g/mol. The lowest BCUT2D eigenvalue weighted by atomic mass is 10.2. The number of carbonyl (C=O) groups excluding carboxylic acids is 1. The minimum Gasteiger partial charge on any atom is -0.399 e. The summed E-state index contributed by atoms with van der Waals surface area (Å²) in [6, 6.07) is 7.84. The molecule has 0 aliphatic heterocycles. The first-order valence-electron chi connectivity index (χ1n) is 7.54. The molecule has 0 saturated heterocycles. The van der Waals surface area contributed by atoms with Crippen molar-refractivity contribution in [1.82, 2.24) is 4.90 Å². The zero-order valence-corrected chi connectivity index (χ0v) is 12.4. The lowest BCUT2D eigenvalue weighted by Crippen LogP contribution is -2.43. The Morgan fingerprint density at radius 3 is 2.85 bits per heavy atom. The molecule has 1 aromatic carbocycles. The van der Waals surface area contributed by atoms with Gasteiger partial charge in [-0.05, 0) is 50.9 Å². The number of hydrogen-bond donors (Lipinski definition) is 2. The average molecular weight is 275 g/mol. The van der Waals surface area contributed by atoms with Crippen LogP contribution in [0.1, 0.15) is 39.5 Å². The highest BCUT2D eigenvalue weighted by Gasteiger charge is 2.34. The van der Waals surface area contributed by atoms with Crippen LogP contribution in [0.25, 0.3) is 0 Å². The van der Waals surface area contributed by atoms with E-state index in [4.69, 9.17) is 5.73 Å². The number of amides is 1. The largest absolute Gasteiger partial charge is 0.399 e. The first-order valence-corrected chi connectivity index (χ1v) is 7.54. The third kappa shape index (κ3) is 3.97. The first-order chi connectivity index (χ1) is 9.61. The van der Waals surface area contributed by atoms with E-state index in [-0.39, 0.29) is 11.9 Å². The number of unbranched alkanes of at least 4 members (excludes halogenated alkanes) is 1. The van der Waals surface area contributed by atoms with E-state index in [1.807, 2.05) is 25.1 Å². The van der Waals surface area contributed by atoms with Crippen LogP contribution in [0.3, 0.4) is 0 Å². The molecule has 1 unspecified atom stereocenters. The van der Waals surface area contributed by atoms with E-state index < -0.39 is 0 Å². The number of carbonyl (C=O) groups is 1. The number of nitrogens with two attached hydrogens (primary N) is 1. The third-order valence-corrected chi connectivity index (χ3v) is 3.82. The number of nitrogen functional groups attached to an aromatic ring is 1. The molecule has 0 bridgehead atoms. The molecule has 2 rings (SSSR count). The molecule has 20 heavy (non-hydrogen) atoms. The number of nitrogens with zero attached hydrogens (tertiary/aromatic N) is 1. The first kappa shape index (κ1) is 14.9. The molecule has 0 heterocycles. The Morgan fingerprint density at radius 2 is 2.25 bits per heavy atom. The van der Waals surface area contributed by atoms with E-state index in [0.29, 0.717) is 11.7 Å². The predicted octanol–water partition coefficient (Wildman–Crippen LogP) is 2.86. The molecule has 1 fully saturated rings. The molecule has 1 amide bonds. The molecule has 1 saturated carbocycles. The van der Waals surface area contributed by atoms with Crippen LogP contribution in [0.15, 0.2) is 24.3 Å². The Morgan fingerprint density at radius 1 is 1.50 bits per heavy atom. The Kier molecular flexibility index (Phi) is 5.01. The molecule has 1 atom stereocenters. The molecule has 0 spiro atoms. The van der Waals surface area contributed by atoms with Crippen LogP contribution in [-0.2, 0) is 4.79 Å². The number of anilines is 2. The number of nitrogens with one attached hydrogen (secondary N) is 1. The van der Waals surface area contributed by atoms with E-state index >= 15 is 0 Å². The van der Waals surface area contributed by atoms with Gasteiger partial charge in [0.25, 0.3) is 0 Å². The van der Waals surface area contributed by atoms with Crippen LogP contribution < -0.4 is 11.1 Å². The fraction of sp³-hybridized carbons (Fsp3) is 0.562. The SMILES string of the molecule is CCCCN(C1CC1)C(C)C(=O)Nc1cccc(N)c1. The number of rotatable bonds is 7. The zero-order chi connectivity index (χ0) is 14.5. The summed E-state index contributed by atoms with van der Waals surface area (Å²) in [7, 11) is 0. The van der Waals surface area contributed by atoms with Crippen LogP contribution >= 0.6 is 0 Å². The highest BCUT2D eigenvalue weighted by atomic mass is 16.2. The molecule has 3 N–H and O–H groups in total. The Hall–Kier alpha value is -1.55. The molecule has 1 aliphatic rings. The van der Waals surface area contributed by atoms with Gasteiger partial charge < -0.3 is 11.1 Å². The van der Waals surface area contributed by atoms with E-state index in [2.05, 4.69) is 17.1 Å². The van der Waals surface area contributed by atoms with Gasteiger partial charge in [-0.2, -0.15) is 0 Å². The molecule has 0 radical (unpaired) electrons. The summed E-state index contributed by atoms with van der Waals surface area (Å²) in [6.45, 7) is 5.19. The third-order valence-electron chi connectivity index (χ3n) is 3.82. The van der Waals surface area contributed by atoms with E-state index in [0.717, 1.165) is 25.1 Å². The summed E-state index contributed by atoms with van der Waals surface area (Å²) in [5.74, 6) is 0.0543. The van der Waals surface area contributed by atoms with Crippen molar-refractivity contribution >= 4 is 17.3 Å². The zero-order valence-electron chi connectivity index (χ0n) is 12.4. The summed E-state index contributed by atoms with van der Waals surface area (Å²) < 4.78 is 0. The topological polar surface area (TPSA) is 58.4 Å². The lowest BCUT2D eigenvalue weighted by molar-refractivity contribution is -0.121. The van der Waals surface area contributed by atoms with E-state index in [1.165, 1.54) is 12.8 Å². The van der Waals surface area contributed by atoms with Crippen molar-refractivity contribution in [3.05, 3.63) is 24.3 Å². The van der Waals surface area contributed by atoms with Crippen molar-refractivity contribution in [3.63, 3.8) is 0 Å². The van der Waals surface area contributed by atoms with Crippen molar-refractivity contribution in [2.75, 3.05) is 17.6 Å². The van der Waals surface area contributed by atoms with Crippen LogP contribution in [0.4, 0.5) is 11.4 Å². The van der Waals surface area contributed by atoms with E-state index in [1.54, 1.807) is 6.07 Å². The summed E-state index contributed by atoms with van der Waals surface area (Å²) in [6.07, 6.45) is 4.75. The highest BCUT2D eigenvalue weighted by Crippen LogP contribution is 2.29. The van der Waals surface area contributed by atoms with Crippen molar-refractivity contribution in [2.24, 2.45) is 0 Å².